The molecule has 4 aliphatic heterocycles. The highest BCUT2D eigenvalue weighted by molar-refractivity contribution is 5.76. The molecule has 31 heavy (non-hydrogen) atoms. The van der Waals surface area contributed by atoms with E-state index in [1.807, 2.05) is 0 Å². The van der Waals surface area contributed by atoms with Gasteiger partial charge in [-0.05, 0) is 86.9 Å². The first-order valence-corrected chi connectivity index (χ1v) is 11.7. The highest BCUT2D eigenvalue weighted by Crippen LogP contribution is 2.52. The zero-order valence-electron chi connectivity index (χ0n) is 18.9. The van der Waals surface area contributed by atoms with E-state index in [0.717, 1.165) is 18.6 Å². The van der Waals surface area contributed by atoms with Crippen LogP contribution in [-0.2, 0) is 15.9 Å². The van der Waals surface area contributed by atoms with Crippen molar-refractivity contribution >= 4 is 11.8 Å². The third-order valence-corrected chi connectivity index (χ3v) is 7.50. The molecule has 0 amide bonds. The van der Waals surface area contributed by atoms with Crippen LogP contribution in [0.5, 0.6) is 0 Å². The Balaban J connectivity index is 1.61. The van der Waals surface area contributed by atoms with Gasteiger partial charge < -0.3 is 14.4 Å². The van der Waals surface area contributed by atoms with Gasteiger partial charge in [-0.3, -0.25) is 0 Å². The van der Waals surface area contributed by atoms with Crippen LogP contribution in [-0.4, -0.2) is 18.4 Å². The van der Waals surface area contributed by atoms with Gasteiger partial charge in [-0.1, -0.05) is 42.0 Å². The minimum atomic E-state index is -0.276. The maximum atomic E-state index is 6.47. The zero-order valence-corrected chi connectivity index (χ0v) is 18.9. The van der Waals surface area contributed by atoms with Crippen LogP contribution in [0.1, 0.15) is 72.0 Å². The minimum absolute atomic E-state index is 0.0645. The van der Waals surface area contributed by atoms with Crippen molar-refractivity contribution in [2.45, 2.75) is 77.4 Å². The van der Waals surface area contributed by atoms with Crippen LogP contribution in [0.2, 0.25) is 0 Å². The van der Waals surface area contributed by atoms with Gasteiger partial charge in [0.1, 0.15) is 0 Å². The molecule has 0 aromatic heterocycles. The van der Waals surface area contributed by atoms with Gasteiger partial charge in [0.15, 0.2) is 0 Å². The fourth-order valence-corrected chi connectivity index (χ4v) is 6.42. The summed E-state index contributed by atoms with van der Waals surface area (Å²) in [5, 5.41) is 0. The maximum Gasteiger partial charge on any atom is 0.221 e. The van der Waals surface area contributed by atoms with E-state index < -0.39 is 0 Å². The van der Waals surface area contributed by atoms with Gasteiger partial charge in [0.05, 0.1) is 23.9 Å². The van der Waals surface area contributed by atoms with E-state index in [-0.39, 0.29) is 24.5 Å². The van der Waals surface area contributed by atoms with Crippen molar-refractivity contribution in [2.24, 2.45) is 0 Å². The molecule has 4 aliphatic rings. The lowest BCUT2D eigenvalue weighted by molar-refractivity contribution is -0.166. The summed E-state index contributed by atoms with van der Waals surface area (Å²) in [6.07, 6.45) is 10.0. The van der Waals surface area contributed by atoms with Crippen molar-refractivity contribution in [1.82, 2.24) is 0 Å². The number of aryl methyl sites for hydroxylation is 3. The lowest BCUT2D eigenvalue weighted by atomic mass is 9.73. The largest absolute Gasteiger partial charge is 0.468 e. The second-order valence-corrected chi connectivity index (χ2v) is 9.78. The fourth-order valence-electron chi connectivity index (χ4n) is 6.42. The molecule has 2 unspecified atom stereocenters. The van der Waals surface area contributed by atoms with Crippen LogP contribution < -0.4 is 4.90 Å². The van der Waals surface area contributed by atoms with Crippen LogP contribution in [0.25, 0.3) is 6.08 Å². The van der Waals surface area contributed by atoms with Crippen molar-refractivity contribution in [3.05, 3.63) is 81.6 Å². The predicted octanol–water partition coefficient (Wildman–Crippen LogP) is 6.35. The molecule has 3 heteroatoms. The van der Waals surface area contributed by atoms with E-state index >= 15 is 0 Å². The number of fused-ring (bicyclic) bond motifs is 5. The third-order valence-electron chi connectivity index (χ3n) is 7.50. The van der Waals surface area contributed by atoms with Crippen LogP contribution in [0.3, 0.4) is 0 Å². The van der Waals surface area contributed by atoms with Gasteiger partial charge in [0.25, 0.3) is 0 Å². The summed E-state index contributed by atoms with van der Waals surface area (Å²) in [7, 11) is 0. The minimum Gasteiger partial charge on any atom is -0.468 e. The highest BCUT2D eigenvalue weighted by atomic mass is 16.7. The topological polar surface area (TPSA) is 21.7 Å². The molecule has 160 valence electrons. The van der Waals surface area contributed by atoms with Crippen molar-refractivity contribution in [3.63, 3.8) is 0 Å². The predicted molar refractivity (Wildman–Crippen MR) is 125 cm³/mol. The summed E-state index contributed by atoms with van der Waals surface area (Å²) < 4.78 is 12.9. The molecular formula is C28H31NO2. The number of hydrogen-bond donors (Lipinski definition) is 0. The maximum absolute atomic E-state index is 6.47. The van der Waals surface area contributed by atoms with Crippen molar-refractivity contribution in [3.8, 4) is 0 Å². The smallest absolute Gasteiger partial charge is 0.221 e. The molecule has 0 spiro atoms. The van der Waals surface area contributed by atoms with Gasteiger partial charge >= 0.3 is 0 Å². The number of ether oxygens (including phenoxy) is 2. The Morgan fingerprint density at radius 2 is 1.94 bits per heavy atom. The number of anilines is 1. The molecule has 0 saturated heterocycles. The second-order valence-electron chi connectivity index (χ2n) is 9.78. The molecule has 4 heterocycles. The average molecular weight is 414 g/mol. The van der Waals surface area contributed by atoms with Crippen molar-refractivity contribution < 1.29 is 9.47 Å². The molecule has 2 aromatic carbocycles. The number of hydrogen-bond acceptors (Lipinski definition) is 3. The van der Waals surface area contributed by atoms with Crippen LogP contribution >= 0.6 is 0 Å². The third kappa shape index (κ3) is 2.97. The Morgan fingerprint density at radius 1 is 1.06 bits per heavy atom. The molecular weight excluding hydrogens is 382 g/mol. The van der Waals surface area contributed by atoms with Crippen LogP contribution in [0, 0.1) is 13.8 Å². The van der Waals surface area contributed by atoms with Crippen LogP contribution in [0.4, 0.5) is 5.69 Å². The van der Waals surface area contributed by atoms with Gasteiger partial charge in [-0.15, -0.1) is 0 Å². The Kier molecular flexibility index (Phi) is 4.33. The van der Waals surface area contributed by atoms with Crippen molar-refractivity contribution in [2.75, 3.05) is 4.90 Å². The summed E-state index contributed by atoms with van der Waals surface area (Å²) in [6.45, 7) is 8.69. The van der Waals surface area contributed by atoms with Gasteiger partial charge in [0, 0.05) is 11.6 Å². The summed E-state index contributed by atoms with van der Waals surface area (Å²) in [6, 6.07) is 12.1. The monoisotopic (exact) mass is 413 g/mol. The SMILES string of the molecule is CC1=CC(C)O[C@@H]([C@@H]2[C@H]3CCCc4ccc5c(c4)N2C(C=C5)c2cc(C)cc(C)c23)O1. The van der Waals surface area contributed by atoms with Gasteiger partial charge in [0.2, 0.25) is 6.29 Å². The molecule has 5 atom stereocenters. The summed E-state index contributed by atoms with van der Waals surface area (Å²) in [4.78, 5) is 2.63. The first kappa shape index (κ1) is 19.2. The number of benzene rings is 2. The summed E-state index contributed by atoms with van der Waals surface area (Å²) in [5.41, 5.74) is 9.80. The number of rotatable bonds is 1. The molecule has 4 bridgehead atoms. The molecule has 3 nitrogen and oxygen atoms in total. The van der Waals surface area contributed by atoms with Crippen LogP contribution in [0.15, 0.2) is 48.2 Å². The summed E-state index contributed by atoms with van der Waals surface area (Å²) in [5.74, 6) is 1.35. The molecule has 0 aliphatic carbocycles. The lowest BCUT2D eigenvalue weighted by Crippen LogP contribution is -2.55. The lowest BCUT2D eigenvalue weighted by Gasteiger charge is -2.52. The van der Waals surface area contributed by atoms with E-state index in [9.17, 15) is 0 Å². The molecule has 0 fully saturated rings. The second kappa shape index (κ2) is 7.00. The standard InChI is InChI=1S/C28H31NO2/c1-16-12-17(2)26-22-7-5-6-20-8-9-21-10-11-24(23(26)13-16)29(25(21)15-20)27(22)28-30-18(3)14-19(4)31-28/h8-15,18,22,24,27-28H,5-7H2,1-4H3/t18?,22-,24?,27-,28+/m0/s1. The van der Waals surface area contributed by atoms with Gasteiger partial charge in [-0.2, -0.15) is 0 Å². The van der Waals surface area contributed by atoms with Crippen molar-refractivity contribution in [1.29, 1.82) is 0 Å². The zero-order chi connectivity index (χ0) is 21.3. The van der Waals surface area contributed by atoms with E-state index in [4.69, 9.17) is 9.47 Å². The van der Waals surface area contributed by atoms with Gasteiger partial charge in [-0.25, -0.2) is 0 Å². The Hall–Kier alpha value is -2.52. The number of nitrogens with zero attached hydrogens (tertiary/aromatic N) is 1. The summed E-state index contributed by atoms with van der Waals surface area (Å²) >= 11 is 0. The Bertz CT molecular complexity index is 1110. The first-order valence-electron chi connectivity index (χ1n) is 11.7. The fraction of sp³-hybridized carbons (Fsp3) is 0.429. The Labute approximate surface area is 185 Å². The highest BCUT2D eigenvalue weighted by Gasteiger charge is 2.48. The molecule has 6 rings (SSSR count). The van der Waals surface area contributed by atoms with E-state index in [0.29, 0.717) is 5.92 Å². The van der Waals surface area contributed by atoms with E-state index in [1.165, 1.54) is 45.5 Å². The Morgan fingerprint density at radius 3 is 2.77 bits per heavy atom. The van der Waals surface area contributed by atoms with E-state index in [2.05, 4.69) is 81.2 Å². The normalized spacial score (nSPS) is 30.6. The molecule has 0 N–H and O–H groups in total. The first-order chi connectivity index (χ1) is 15.0. The average Bonchev–Trinajstić information content (AvgIpc) is 2.78. The molecule has 2 aromatic rings. The molecule has 0 radical (unpaired) electrons. The van der Waals surface area contributed by atoms with E-state index in [1.54, 1.807) is 0 Å². The quantitative estimate of drug-likeness (QED) is 0.544. The number of allylic oxidation sites excluding steroid dienone is 1. The molecule has 0 saturated carbocycles.